The normalized spacial score (nSPS) is 12.0. The van der Waals surface area contributed by atoms with E-state index in [1.54, 1.807) is 13.8 Å². The zero-order valence-electron chi connectivity index (χ0n) is 9.80. The molecule has 0 aliphatic carbocycles. The molecule has 0 rings (SSSR count). The molecule has 0 aliphatic heterocycles. The Kier molecular flexibility index (Phi) is 8.34. The van der Waals surface area contributed by atoms with Crippen LogP contribution in [0.4, 0.5) is 4.79 Å². The predicted molar refractivity (Wildman–Crippen MR) is 60.5 cm³/mol. The first kappa shape index (κ1) is 15.9. The van der Waals surface area contributed by atoms with Crippen molar-refractivity contribution in [3.63, 3.8) is 0 Å². The van der Waals surface area contributed by atoms with Crippen molar-refractivity contribution in [2.75, 3.05) is 19.1 Å². The highest BCUT2D eigenvalue weighted by atomic mass is 32.2. The molecular weight excluding hydrogens is 250 g/mol. The summed E-state index contributed by atoms with van der Waals surface area (Å²) in [6.45, 7) is 3.12. The van der Waals surface area contributed by atoms with Gasteiger partial charge < -0.3 is 19.3 Å². The van der Waals surface area contributed by atoms with Crippen molar-refractivity contribution in [2.45, 2.75) is 20.3 Å². The zero-order chi connectivity index (χ0) is 13.3. The summed E-state index contributed by atoms with van der Waals surface area (Å²) in [5.74, 6) is -0.641. The van der Waals surface area contributed by atoms with Gasteiger partial charge in [-0.2, -0.15) is 0 Å². The second kappa shape index (κ2) is 8.94. The second-order valence-electron chi connectivity index (χ2n) is 3.47. The SMILES string of the molecule is CC(C)C(=O)OCOC(=O)NCCCS(=O)O. The lowest BCUT2D eigenvalue weighted by Crippen LogP contribution is -2.28. The highest BCUT2D eigenvalue weighted by molar-refractivity contribution is 7.79. The average molecular weight is 267 g/mol. The first-order valence-electron chi connectivity index (χ1n) is 5.08. The first-order valence-corrected chi connectivity index (χ1v) is 6.35. The van der Waals surface area contributed by atoms with Gasteiger partial charge in [-0.25, -0.2) is 9.00 Å². The molecule has 0 aliphatic rings. The number of carbonyl (C=O) groups is 2. The van der Waals surface area contributed by atoms with E-state index in [2.05, 4.69) is 14.8 Å². The maximum absolute atomic E-state index is 11.0. The van der Waals surface area contributed by atoms with E-state index in [1.165, 1.54) is 0 Å². The molecular formula is C9H17NO6S. The van der Waals surface area contributed by atoms with Crippen LogP contribution in [0.3, 0.4) is 0 Å². The van der Waals surface area contributed by atoms with Crippen LogP contribution in [0.25, 0.3) is 0 Å². The molecule has 1 amide bonds. The van der Waals surface area contributed by atoms with Gasteiger partial charge in [-0.1, -0.05) is 13.8 Å². The van der Waals surface area contributed by atoms with Crippen LogP contribution in [0, 0.1) is 5.92 Å². The van der Waals surface area contributed by atoms with E-state index in [9.17, 15) is 13.8 Å². The lowest BCUT2D eigenvalue weighted by Gasteiger charge is -2.08. The standard InChI is InChI=1S/C9H17NO6S/c1-7(2)8(11)15-6-16-9(12)10-4-3-5-17(13)14/h7H,3-6H2,1-2H3,(H,10,12)(H,13,14). The van der Waals surface area contributed by atoms with Crippen molar-refractivity contribution >= 4 is 23.1 Å². The molecule has 0 saturated carbocycles. The van der Waals surface area contributed by atoms with Crippen LogP contribution >= 0.6 is 0 Å². The van der Waals surface area contributed by atoms with Crippen molar-refractivity contribution in [2.24, 2.45) is 5.92 Å². The number of hydrogen-bond acceptors (Lipinski definition) is 5. The molecule has 0 radical (unpaired) electrons. The second-order valence-corrected chi connectivity index (χ2v) is 4.52. The Labute approximate surface area is 102 Å². The van der Waals surface area contributed by atoms with Crippen molar-refractivity contribution in [1.29, 1.82) is 0 Å². The number of ether oxygens (including phenoxy) is 2. The monoisotopic (exact) mass is 267 g/mol. The number of carbonyl (C=O) groups excluding carboxylic acids is 2. The van der Waals surface area contributed by atoms with Gasteiger partial charge in [-0.15, -0.1) is 0 Å². The molecule has 100 valence electrons. The first-order chi connectivity index (χ1) is 7.93. The zero-order valence-corrected chi connectivity index (χ0v) is 10.6. The van der Waals surface area contributed by atoms with Gasteiger partial charge in [0.1, 0.15) is 0 Å². The van der Waals surface area contributed by atoms with E-state index in [0.29, 0.717) is 6.42 Å². The summed E-state index contributed by atoms with van der Waals surface area (Å²) in [4.78, 5) is 21.9. The Morgan fingerprint density at radius 3 is 2.53 bits per heavy atom. The van der Waals surface area contributed by atoms with E-state index in [4.69, 9.17) is 4.55 Å². The fourth-order valence-electron chi connectivity index (χ4n) is 0.745. The summed E-state index contributed by atoms with van der Waals surface area (Å²) in [6, 6.07) is 0. The van der Waals surface area contributed by atoms with Gasteiger partial charge in [0.15, 0.2) is 11.1 Å². The van der Waals surface area contributed by atoms with Crippen LogP contribution < -0.4 is 5.32 Å². The third kappa shape index (κ3) is 9.76. The summed E-state index contributed by atoms with van der Waals surface area (Å²) in [7, 11) is 0. The minimum absolute atomic E-state index is 0.0859. The summed E-state index contributed by atoms with van der Waals surface area (Å²) >= 11 is -1.86. The van der Waals surface area contributed by atoms with Crippen LogP contribution in [0.2, 0.25) is 0 Å². The van der Waals surface area contributed by atoms with Gasteiger partial charge in [0.2, 0.25) is 6.79 Å². The molecule has 0 aromatic rings. The third-order valence-electron chi connectivity index (χ3n) is 1.63. The molecule has 0 bridgehead atoms. The molecule has 0 heterocycles. The summed E-state index contributed by atoms with van der Waals surface area (Å²) in [5, 5.41) is 2.34. The maximum Gasteiger partial charge on any atom is 0.410 e. The lowest BCUT2D eigenvalue weighted by atomic mass is 10.2. The number of rotatable bonds is 7. The van der Waals surface area contributed by atoms with E-state index >= 15 is 0 Å². The van der Waals surface area contributed by atoms with Crippen LogP contribution in [0.5, 0.6) is 0 Å². The Balaban J connectivity index is 3.47. The minimum atomic E-state index is -1.86. The quantitative estimate of drug-likeness (QED) is 0.301. The van der Waals surface area contributed by atoms with Crippen molar-refractivity contribution in [1.82, 2.24) is 5.32 Å². The highest BCUT2D eigenvalue weighted by Crippen LogP contribution is 1.95. The molecule has 17 heavy (non-hydrogen) atoms. The summed E-state index contributed by atoms with van der Waals surface area (Å²) in [5.41, 5.74) is 0. The fourth-order valence-corrected chi connectivity index (χ4v) is 1.14. The van der Waals surface area contributed by atoms with Crippen molar-refractivity contribution in [3.8, 4) is 0 Å². The van der Waals surface area contributed by atoms with Gasteiger partial charge in [-0.3, -0.25) is 4.79 Å². The molecule has 2 N–H and O–H groups in total. The van der Waals surface area contributed by atoms with Crippen LogP contribution in [0.1, 0.15) is 20.3 Å². The molecule has 1 atom stereocenters. The van der Waals surface area contributed by atoms with E-state index in [0.717, 1.165) is 0 Å². The fraction of sp³-hybridized carbons (Fsp3) is 0.778. The van der Waals surface area contributed by atoms with Gasteiger partial charge in [0.25, 0.3) is 0 Å². The molecule has 1 unspecified atom stereocenters. The Bertz CT molecular complexity index is 281. The molecule has 8 heteroatoms. The third-order valence-corrected chi connectivity index (χ3v) is 2.27. The largest absolute Gasteiger partial charge is 0.428 e. The Hall–Kier alpha value is -1.15. The number of esters is 1. The molecule has 0 fully saturated rings. The van der Waals surface area contributed by atoms with Gasteiger partial charge in [-0.05, 0) is 6.42 Å². The Morgan fingerprint density at radius 1 is 1.35 bits per heavy atom. The van der Waals surface area contributed by atoms with E-state index in [-0.39, 0.29) is 18.2 Å². The highest BCUT2D eigenvalue weighted by Gasteiger charge is 2.09. The number of amides is 1. The lowest BCUT2D eigenvalue weighted by molar-refractivity contribution is -0.155. The van der Waals surface area contributed by atoms with Crippen molar-refractivity contribution in [3.05, 3.63) is 0 Å². The molecule has 0 aromatic heterocycles. The van der Waals surface area contributed by atoms with Crippen molar-refractivity contribution < 1.29 is 27.8 Å². The van der Waals surface area contributed by atoms with E-state index < -0.39 is 29.9 Å². The molecule has 7 nitrogen and oxygen atoms in total. The maximum atomic E-state index is 11.0. The number of alkyl carbamates (subject to hydrolysis) is 1. The smallest absolute Gasteiger partial charge is 0.410 e. The van der Waals surface area contributed by atoms with Crippen LogP contribution in [-0.4, -0.2) is 39.9 Å². The average Bonchev–Trinajstić information content (AvgIpc) is 2.23. The van der Waals surface area contributed by atoms with Crippen LogP contribution in [-0.2, 0) is 25.3 Å². The van der Waals surface area contributed by atoms with Gasteiger partial charge >= 0.3 is 12.1 Å². The molecule has 0 saturated heterocycles. The van der Waals surface area contributed by atoms with E-state index in [1.807, 2.05) is 0 Å². The predicted octanol–water partition coefficient (Wildman–Crippen LogP) is 0.481. The number of nitrogens with one attached hydrogen (secondary N) is 1. The molecule has 0 aromatic carbocycles. The topological polar surface area (TPSA) is 102 Å². The summed E-state index contributed by atoms with van der Waals surface area (Å²) < 4.78 is 27.9. The van der Waals surface area contributed by atoms with Crippen LogP contribution in [0.15, 0.2) is 0 Å². The molecule has 0 spiro atoms. The Morgan fingerprint density at radius 2 is 2.00 bits per heavy atom. The van der Waals surface area contributed by atoms with Gasteiger partial charge in [0.05, 0.1) is 11.7 Å². The van der Waals surface area contributed by atoms with Gasteiger partial charge in [0, 0.05) is 6.54 Å². The summed E-state index contributed by atoms with van der Waals surface area (Å²) in [6.07, 6.45) is -0.366. The number of hydrogen-bond donors (Lipinski definition) is 2. The minimum Gasteiger partial charge on any atom is -0.428 e.